The van der Waals surface area contributed by atoms with E-state index in [4.69, 9.17) is 0 Å². The molecule has 1 aliphatic heterocycles. The predicted molar refractivity (Wildman–Crippen MR) is 132 cm³/mol. The summed E-state index contributed by atoms with van der Waals surface area (Å²) in [5.41, 5.74) is 0.765. The molecule has 1 rings (SSSR count). The van der Waals surface area contributed by atoms with Crippen molar-refractivity contribution in [1.82, 2.24) is 5.32 Å². The summed E-state index contributed by atoms with van der Waals surface area (Å²) in [6.07, 6.45) is 23.4. The molecule has 0 spiro atoms. The van der Waals surface area contributed by atoms with E-state index in [1.165, 1.54) is 12.2 Å². The number of nitrogens with one attached hydrogen (secondary N) is 1. The van der Waals surface area contributed by atoms with Crippen LogP contribution in [0.15, 0.2) is 84.6 Å². The molecule has 0 aliphatic carbocycles. The van der Waals surface area contributed by atoms with Crippen molar-refractivity contribution in [3.63, 3.8) is 0 Å². The Morgan fingerprint density at radius 3 is 2.44 bits per heavy atom. The number of allylic oxidation sites excluding steroid dienone is 7. The van der Waals surface area contributed by atoms with Crippen LogP contribution in [0.25, 0.3) is 0 Å². The molecule has 0 fully saturated rings. The Morgan fingerprint density at radius 2 is 1.69 bits per heavy atom. The van der Waals surface area contributed by atoms with Gasteiger partial charge in [0.15, 0.2) is 0 Å². The fraction of sp³-hybridized carbons (Fsp3) is 0.444. The van der Waals surface area contributed by atoms with E-state index in [0.29, 0.717) is 6.42 Å². The van der Waals surface area contributed by atoms with Gasteiger partial charge in [0.1, 0.15) is 12.2 Å². The molecular formula is C27H39NO4. The van der Waals surface area contributed by atoms with Gasteiger partial charge in [0.05, 0.1) is 6.10 Å². The van der Waals surface area contributed by atoms with Gasteiger partial charge in [0.2, 0.25) is 5.91 Å². The highest BCUT2D eigenvalue weighted by molar-refractivity contribution is 5.88. The van der Waals surface area contributed by atoms with Crippen LogP contribution in [-0.2, 0) is 4.79 Å². The average molecular weight is 442 g/mol. The van der Waals surface area contributed by atoms with Gasteiger partial charge in [-0.25, -0.2) is 0 Å². The van der Waals surface area contributed by atoms with Crippen LogP contribution < -0.4 is 5.32 Å². The lowest BCUT2D eigenvalue weighted by Gasteiger charge is -2.15. The van der Waals surface area contributed by atoms with Crippen LogP contribution in [0.2, 0.25) is 0 Å². The summed E-state index contributed by atoms with van der Waals surface area (Å²) < 4.78 is 0. The molecule has 1 heterocycles. The van der Waals surface area contributed by atoms with Crippen molar-refractivity contribution in [2.75, 3.05) is 0 Å². The first-order chi connectivity index (χ1) is 15.3. The number of carbonyl (C=O) groups excluding carboxylic acids is 1. The zero-order chi connectivity index (χ0) is 23.8. The summed E-state index contributed by atoms with van der Waals surface area (Å²) in [5.74, 6) is -0.318. The highest BCUT2D eigenvalue weighted by atomic mass is 16.3. The molecule has 0 radical (unpaired) electrons. The number of rotatable bonds is 4. The van der Waals surface area contributed by atoms with E-state index in [-0.39, 0.29) is 17.9 Å². The zero-order valence-electron chi connectivity index (χ0n) is 19.5. The van der Waals surface area contributed by atoms with Crippen molar-refractivity contribution in [2.45, 2.75) is 70.8 Å². The van der Waals surface area contributed by atoms with Gasteiger partial charge < -0.3 is 20.6 Å². The molecule has 0 saturated heterocycles. The largest absolute Gasteiger partial charge is 0.388 e. The van der Waals surface area contributed by atoms with Crippen LogP contribution in [-0.4, -0.2) is 45.6 Å². The minimum Gasteiger partial charge on any atom is -0.388 e. The number of aliphatic hydroxyl groups is 3. The Balaban J connectivity index is 3.02. The van der Waals surface area contributed by atoms with E-state index in [1.807, 2.05) is 26.0 Å². The second-order valence-electron chi connectivity index (χ2n) is 8.09. The van der Waals surface area contributed by atoms with Crippen molar-refractivity contribution in [2.24, 2.45) is 5.92 Å². The van der Waals surface area contributed by atoms with Crippen molar-refractivity contribution >= 4 is 5.91 Å². The Morgan fingerprint density at radius 1 is 0.969 bits per heavy atom. The first-order valence-electron chi connectivity index (χ1n) is 11.4. The predicted octanol–water partition coefficient (Wildman–Crippen LogP) is 4.07. The maximum Gasteiger partial charge on any atom is 0.244 e. The van der Waals surface area contributed by atoms with Crippen LogP contribution in [0.4, 0.5) is 0 Å². The monoisotopic (exact) mass is 441 g/mol. The Kier molecular flexibility index (Phi) is 14.0. The molecule has 4 N–H and O–H groups in total. The molecule has 5 unspecified atom stereocenters. The van der Waals surface area contributed by atoms with E-state index < -0.39 is 18.3 Å². The number of hydrogen-bond donors (Lipinski definition) is 4. The molecule has 0 bridgehead atoms. The lowest BCUT2D eigenvalue weighted by Crippen LogP contribution is -2.33. The van der Waals surface area contributed by atoms with Gasteiger partial charge in [0.25, 0.3) is 0 Å². The fourth-order valence-corrected chi connectivity index (χ4v) is 2.98. The molecule has 0 saturated carbocycles. The molecule has 5 atom stereocenters. The normalized spacial score (nSPS) is 28.6. The highest BCUT2D eigenvalue weighted by Crippen LogP contribution is 2.10. The molecule has 5 heteroatoms. The summed E-state index contributed by atoms with van der Waals surface area (Å²) >= 11 is 0. The zero-order valence-corrected chi connectivity index (χ0v) is 19.5. The lowest BCUT2D eigenvalue weighted by atomic mass is 10.0. The molecule has 32 heavy (non-hydrogen) atoms. The molecular weight excluding hydrogens is 402 g/mol. The van der Waals surface area contributed by atoms with Crippen LogP contribution in [0.3, 0.4) is 0 Å². The average Bonchev–Trinajstić information content (AvgIpc) is 2.75. The summed E-state index contributed by atoms with van der Waals surface area (Å²) in [6, 6.07) is -0.0645. The van der Waals surface area contributed by atoms with Gasteiger partial charge in [-0.05, 0) is 26.2 Å². The number of hydrogen-bond acceptors (Lipinski definition) is 4. The molecule has 1 amide bonds. The van der Waals surface area contributed by atoms with E-state index in [2.05, 4.69) is 24.4 Å². The molecule has 0 aromatic carbocycles. The summed E-state index contributed by atoms with van der Waals surface area (Å²) in [5, 5.41) is 33.5. The molecule has 0 aromatic heterocycles. The fourth-order valence-electron chi connectivity index (χ4n) is 2.98. The number of unbranched alkanes of at least 4 members (excludes halogenated alkanes) is 1. The second-order valence-corrected chi connectivity index (χ2v) is 8.09. The van der Waals surface area contributed by atoms with Crippen LogP contribution in [0, 0.1) is 5.92 Å². The first-order valence-corrected chi connectivity index (χ1v) is 11.4. The number of carbonyl (C=O) groups is 1. The maximum atomic E-state index is 12.3. The molecule has 0 aromatic rings. The van der Waals surface area contributed by atoms with Gasteiger partial charge in [-0.1, -0.05) is 98.8 Å². The van der Waals surface area contributed by atoms with Crippen molar-refractivity contribution < 1.29 is 20.1 Å². The third kappa shape index (κ3) is 12.4. The minimum atomic E-state index is -1.05. The topological polar surface area (TPSA) is 89.8 Å². The third-order valence-electron chi connectivity index (χ3n) is 5.02. The summed E-state index contributed by atoms with van der Waals surface area (Å²) in [4.78, 5) is 12.3. The van der Waals surface area contributed by atoms with Crippen LogP contribution in [0.5, 0.6) is 0 Å². The Labute approximate surface area is 192 Å². The van der Waals surface area contributed by atoms with Gasteiger partial charge in [-0.3, -0.25) is 4.79 Å². The molecule has 1 aliphatic rings. The smallest absolute Gasteiger partial charge is 0.244 e. The third-order valence-corrected chi connectivity index (χ3v) is 5.02. The van der Waals surface area contributed by atoms with Gasteiger partial charge in [-0.15, -0.1) is 0 Å². The maximum absolute atomic E-state index is 12.3. The van der Waals surface area contributed by atoms with Crippen LogP contribution >= 0.6 is 0 Å². The number of aliphatic hydroxyl groups excluding tert-OH is 3. The van der Waals surface area contributed by atoms with E-state index >= 15 is 0 Å². The van der Waals surface area contributed by atoms with Crippen molar-refractivity contribution in [3.05, 3.63) is 84.6 Å². The van der Waals surface area contributed by atoms with Crippen LogP contribution in [0.1, 0.15) is 46.5 Å². The van der Waals surface area contributed by atoms with Gasteiger partial charge >= 0.3 is 0 Å². The molecule has 5 nitrogen and oxygen atoms in total. The standard InChI is InChI=1S/C27H39NO4/c1-4-5-6-7-15-23-16-12-18-24(29)22(3)14-9-10-17-25(30)26(31)20-21(2)13-8-11-19-27(32)28-23/h6-14,17-20,22-26,29-31H,4-5,15-16H2,1-3H3,(H,28,32). The van der Waals surface area contributed by atoms with E-state index in [1.54, 1.807) is 42.5 Å². The second kappa shape index (κ2) is 16.2. The van der Waals surface area contributed by atoms with Crippen molar-refractivity contribution in [1.29, 1.82) is 0 Å². The Bertz CT molecular complexity index is 758. The first kappa shape index (κ1) is 27.6. The number of amides is 1. The van der Waals surface area contributed by atoms with Crippen molar-refractivity contribution in [3.8, 4) is 0 Å². The minimum absolute atomic E-state index is 0.0645. The summed E-state index contributed by atoms with van der Waals surface area (Å²) in [7, 11) is 0. The van der Waals surface area contributed by atoms with Gasteiger partial charge in [0, 0.05) is 18.0 Å². The lowest BCUT2D eigenvalue weighted by molar-refractivity contribution is -0.117. The van der Waals surface area contributed by atoms with E-state index in [9.17, 15) is 20.1 Å². The molecule has 176 valence electrons. The van der Waals surface area contributed by atoms with E-state index in [0.717, 1.165) is 24.8 Å². The highest BCUT2D eigenvalue weighted by Gasteiger charge is 2.11. The van der Waals surface area contributed by atoms with Gasteiger partial charge in [-0.2, -0.15) is 0 Å². The SMILES string of the molecule is CCCC=CCC1CC=CC(O)C(C)C=CC=CC(O)C(O)C=C(C)C=CC=CC(=O)N1. The quantitative estimate of drug-likeness (QED) is 0.495. The Hall–Kier alpha value is -2.47. The summed E-state index contributed by atoms with van der Waals surface area (Å²) in [6.45, 7) is 5.83.